The number of guanidine groups is 1. The molecular weight excluding hydrogens is 395 g/mol. The first-order chi connectivity index (χ1) is 13.0. The van der Waals surface area contributed by atoms with Crippen LogP contribution in [0.3, 0.4) is 0 Å². The van der Waals surface area contributed by atoms with Crippen LogP contribution in [-0.2, 0) is 10.3 Å². The molecular formula is C19H17ClF3N3O2. The highest BCUT2D eigenvalue weighted by Gasteiger charge is 2.48. The summed E-state index contributed by atoms with van der Waals surface area (Å²) in [5.74, 6) is -1.72. The number of alkyl halides is 3. The molecule has 2 aromatic carbocycles. The van der Waals surface area contributed by atoms with Crippen LogP contribution in [0.25, 0.3) is 0 Å². The van der Waals surface area contributed by atoms with E-state index in [1.54, 1.807) is 37.3 Å². The van der Waals surface area contributed by atoms with Crippen molar-refractivity contribution in [2.75, 3.05) is 7.05 Å². The van der Waals surface area contributed by atoms with Crippen LogP contribution in [0.2, 0.25) is 5.02 Å². The summed E-state index contributed by atoms with van der Waals surface area (Å²) in [6, 6.07) is 12.0. The molecule has 1 fully saturated rings. The van der Waals surface area contributed by atoms with Crippen LogP contribution >= 0.6 is 11.6 Å². The summed E-state index contributed by atoms with van der Waals surface area (Å²) in [7, 11) is 1.46. The Hall–Kier alpha value is -2.74. The number of carbonyl (C=O) groups excluding carboxylic acids is 1. The molecule has 0 spiro atoms. The fourth-order valence-electron chi connectivity index (χ4n) is 3.34. The van der Waals surface area contributed by atoms with Gasteiger partial charge in [-0.25, -0.2) is 0 Å². The predicted octanol–water partition coefficient (Wildman–Crippen LogP) is 4.23. The van der Waals surface area contributed by atoms with Gasteiger partial charge in [-0.2, -0.15) is 0 Å². The fraction of sp³-hybridized carbons (Fsp3) is 0.263. The van der Waals surface area contributed by atoms with E-state index in [2.05, 4.69) is 10.1 Å². The number of hydrogen-bond donors (Lipinski definition) is 2. The van der Waals surface area contributed by atoms with E-state index in [4.69, 9.17) is 17.0 Å². The molecule has 9 heteroatoms. The van der Waals surface area contributed by atoms with Crippen LogP contribution in [-0.4, -0.2) is 30.2 Å². The van der Waals surface area contributed by atoms with E-state index >= 15 is 0 Å². The minimum absolute atomic E-state index is 0.153. The monoisotopic (exact) mass is 411 g/mol. The molecule has 3 rings (SSSR count). The van der Waals surface area contributed by atoms with E-state index in [1.807, 2.05) is 0 Å². The van der Waals surface area contributed by atoms with Crippen molar-refractivity contribution in [2.45, 2.75) is 24.7 Å². The van der Waals surface area contributed by atoms with Gasteiger partial charge in [0, 0.05) is 12.1 Å². The van der Waals surface area contributed by atoms with Crippen LogP contribution in [0.15, 0.2) is 48.5 Å². The first kappa shape index (κ1) is 20.0. The maximum atomic E-state index is 13.0. The molecule has 1 amide bonds. The summed E-state index contributed by atoms with van der Waals surface area (Å²) in [5.41, 5.74) is -0.189. The number of carbonyl (C=O) groups is 1. The molecule has 2 aromatic rings. The van der Waals surface area contributed by atoms with Crippen molar-refractivity contribution in [3.8, 4) is 5.75 Å². The number of rotatable bonds is 3. The second-order valence-electron chi connectivity index (χ2n) is 6.63. The van der Waals surface area contributed by atoms with Crippen molar-refractivity contribution in [3.63, 3.8) is 0 Å². The minimum atomic E-state index is -4.84. The van der Waals surface area contributed by atoms with Crippen molar-refractivity contribution in [1.82, 2.24) is 10.2 Å². The Morgan fingerprint density at radius 3 is 2.46 bits per heavy atom. The average Bonchev–Trinajstić information content (AvgIpc) is 2.60. The third-order valence-corrected chi connectivity index (χ3v) is 4.99. The van der Waals surface area contributed by atoms with Crippen LogP contribution in [0.1, 0.15) is 24.0 Å². The molecule has 0 radical (unpaired) electrons. The Morgan fingerprint density at radius 2 is 1.86 bits per heavy atom. The van der Waals surface area contributed by atoms with Gasteiger partial charge in [0.25, 0.3) is 0 Å². The van der Waals surface area contributed by atoms with Gasteiger partial charge in [0.15, 0.2) is 5.96 Å². The van der Waals surface area contributed by atoms with E-state index < -0.39 is 23.6 Å². The molecule has 0 aliphatic carbocycles. The van der Waals surface area contributed by atoms with E-state index in [9.17, 15) is 18.0 Å². The lowest BCUT2D eigenvalue weighted by atomic mass is 9.73. The molecule has 0 saturated carbocycles. The third kappa shape index (κ3) is 3.77. The second kappa shape index (κ2) is 7.01. The first-order valence-electron chi connectivity index (χ1n) is 8.27. The zero-order valence-electron chi connectivity index (χ0n) is 15.0. The van der Waals surface area contributed by atoms with E-state index in [1.165, 1.54) is 25.2 Å². The average molecular weight is 412 g/mol. The number of ether oxygens (including phenoxy) is 1. The lowest BCUT2D eigenvalue weighted by Gasteiger charge is -2.46. The number of likely N-dealkylation sites (N-methyl/N-ethyl adjacent to an activating group) is 1. The standard InChI is InChI=1S/C19H17ClF3N3O2/c1-18(12-4-3-5-14(10-12)28-19(21,22)23)15(11-6-8-13(20)9-7-11)16(27)26(2)17(24)25-18/h3-10,15H,1-2H3,(H2,24,25)/t15?,18-/m1/s1. The number of hydrogen-bond acceptors (Lipinski definition) is 3. The number of nitrogens with one attached hydrogen (secondary N) is 2. The summed E-state index contributed by atoms with van der Waals surface area (Å²) >= 11 is 5.94. The van der Waals surface area contributed by atoms with Gasteiger partial charge in [-0.05, 0) is 42.3 Å². The molecule has 28 heavy (non-hydrogen) atoms. The normalized spacial score (nSPS) is 22.8. The Labute approximate surface area is 164 Å². The maximum Gasteiger partial charge on any atom is 0.573 e. The van der Waals surface area contributed by atoms with Crippen LogP contribution in [0.4, 0.5) is 13.2 Å². The molecule has 1 unspecified atom stereocenters. The van der Waals surface area contributed by atoms with Gasteiger partial charge in [-0.3, -0.25) is 15.1 Å². The summed E-state index contributed by atoms with van der Waals surface area (Å²) < 4.78 is 41.9. The van der Waals surface area contributed by atoms with Gasteiger partial charge in [-0.15, -0.1) is 13.2 Å². The smallest absolute Gasteiger partial charge is 0.406 e. The molecule has 1 saturated heterocycles. The van der Waals surface area contributed by atoms with Crippen LogP contribution in [0, 0.1) is 5.41 Å². The number of nitrogens with zero attached hydrogens (tertiary/aromatic N) is 1. The second-order valence-corrected chi connectivity index (χ2v) is 7.07. The van der Waals surface area contributed by atoms with Crippen molar-refractivity contribution in [1.29, 1.82) is 5.41 Å². The van der Waals surface area contributed by atoms with Gasteiger partial charge in [0.2, 0.25) is 5.91 Å². The molecule has 2 atom stereocenters. The van der Waals surface area contributed by atoms with E-state index in [0.717, 1.165) is 4.90 Å². The lowest BCUT2D eigenvalue weighted by Crippen LogP contribution is -2.62. The highest BCUT2D eigenvalue weighted by Crippen LogP contribution is 2.42. The maximum absolute atomic E-state index is 13.0. The Morgan fingerprint density at radius 1 is 1.21 bits per heavy atom. The van der Waals surface area contributed by atoms with Gasteiger partial charge in [0.05, 0.1) is 11.5 Å². The minimum Gasteiger partial charge on any atom is -0.406 e. The van der Waals surface area contributed by atoms with Crippen molar-refractivity contribution >= 4 is 23.5 Å². The molecule has 5 nitrogen and oxygen atoms in total. The highest BCUT2D eigenvalue weighted by molar-refractivity contribution is 6.30. The molecule has 1 aliphatic rings. The van der Waals surface area contributed by atoms with Crippen LogP contribution in [0.5, 0.6) is 5.75 Å². The summed E-state index contributed by atoms with van der Waals surface area (Å²) in [6.45, 7) is 1.67. The Balaban J connectivity index is 2.11. The first-order valence-corrected chi connectivity index (χ1v) is 8.65. The molecule has 0 aromatic heterocycles. The van der Waals surface area contributed by atoms with Gasteiger partial charge in [0.1, 0.15) is 5.75 Å². The summed E-state index contributed by atoms with van der Waals surface area (Å²) in [6.07, 6.45) is -4.84. The number of halogens is 4. The SMILES string of the molecule is CN1C(=N)N[C@](C)(c2cccc(OC(F)(F)F)c2)C(c2ccc(Cl)cc2)C1=O. The van der Waals surface area contributed by atoms with E-state index in [-0.39, 0.29) is 11.9 Å². The van der Waals surface area contributed by atoms with E-state index in [0.29, 0.717) is 16.1 Å². The number of amides is 1. The molecule has 1 aliphatic heterocycles. The largest absolute Gasteiger partial charge is 0.573 e. The van der Waals surface area contributed by atoms with Crippen molar-refractivity contribution in [2.24, 2.45) is 0 Å². The van der Waals surface area contributed by atoms with Crippen LogP contribution < -0.4 is 10.1 Å². The molecule has 2 N–H and O–H groups in total. The number of benzene rings is 2. The van der Waals surface area contributed by atoms with Crippen molar-refractivity contribution < 1.29 is 22.7 Å². The molecule has 0 bridgehead atoms. The third-order valence-electron chi connectivity index (χ3n) is 4.74. The Kier molecular flexibility index (Phi) is 5.01. The summed E-state index contributed by atoms with van der Waals surface area (Å²) in [4.78, 5) is 14.2. The lowest BCUT2D eigenvalue weighted by molar-refractivity contribution is -0.274. The predicted molar refractivity (Wildman–Crippen MR) is 98.3 cm³/mol. The molecule has 148 valence electrons. The highest BCUT2D eigenvalue weighted by atomic mass is 35.5. The van der Waals surface area contributed by atoms with Gasteiger partial charge in [-0.1, -0.05) is 35.9 Å². The zero-order chi connectivity index (χ0) is 20.7. The molecule has 1 heterocycles. The summed E-state index contributed by atoms with van der Waals surface area (Å²) in [5, 5.41) is 11.5. The van der Waals surface area contributed by atoms with Gasteiger partial charge >= 0.3 is 6.36 Å². The topological polar surface area (TPSA) is 65.4 Å². The Bertz CT molecular complexity index is 917. The quantitative estimate of drug-likeness (QED) is 0.794. The fourth-order valence-corrected chi connectivity index (χ4v) is 3.46. The van der Waals surface area contributed by atoms with Gasteiger partial charge < -0.3 is 10.1 Å². The zero-order valence-corrected chi connectivity index (χ0v) is 15.7. The van der Waals surface area contributed by atoms with Crippen molar-refractivity contribution in [3.05, 3.63) is 64.7 Å².